The number of carbonyl (C=O) groups is 1. The van der Waals surface area contributed by atoms with E-state index < -0.39 is 17.8 Å². The van der Waals surface area contributed by atoms with Crippen molar-refractivity contribution in [2.45, 2.75) is 32.5 Å². The first-order chi connectivity index (χ1) is 12.5. The zero-order chi connectivity index (χ0) is 20.0. The maximum atomic E-state index is 13.2. The number of halogens is 3. The summed E-state index contributed by atoms with van der Waals surface area (Å²) in [4.78, 5) is 11.1. The number of alkyl halides is 3. The molecule has 1 aliphatic rings. The number of rotatable bonds is 3. The highest BCUT2D eigenvalue weighted by Gasteiger charge is 2.40. The Morgan fingerprint density at radius 2 is 1.89 bits per heavy atom. The van der Waals surface area contributed by atoms with Gasteiger partial charge in [0.15, 0.2) is 0 Å². The molecule has 144 valence electrons. The number of fused-ring (bicyclic) bond motifs is 1. The van der Waals surface area contributed by atoms with Crippen molar-refractivity contribution in [1.29, 1.82) is 0 Å². The lowest BCUT2D eigenvalue weighted by molar-refractivity contribution is -0.137. The first-order valence-corrected chi connectivity index (χ1v) is 8.40. The molecule has 1 aliphatic carbocycles. The number of ether oxygens (including phenoxy) is 1. The normalized spacial score (nSPS) is 18.1. The summed E-state index contributed by atoms with van der Waals surface area (Å²) >= 11 is 0. The van der Waals surface area contributed by atoms with Crippen LogP contribution in [0.4, 0.5) is 18.0 Å². The number of amides is 1. The van der Waals surface area contributed by atoms with Gasteiger partial charge in [0.05, 0.1) is 18.7 Å². The molecule has 2 aromatic carbocycles. The van der Waals surface area contributed by atoms with E-state index in [0.717, 1.165) is 23.3 Å². The Balaban J connectivity index is 2.05. The third-order valence-electron chi connectivity index (χ3n) is 4.95. The van der Waals surface area contributed by atoms with Gasteiger partial charge in [-0.2, -0.15) is 13.2 Å². The topological polar surface area (TPSA) is 58.6 Å². The molecule has 1 unspecified atom stereocenters. The Kier molecular flexibility index (Phi) is 4.57. The van der Waals surface area contributed by atoms with Crippen LogP contribution in [0.3, 0.4) is 0 Å². The second-order valence-corrected chi connectivity index (χ2v) is 7.41. The first-order valence-electron chi connectivity index (χ1n) is 8.40. The summed E-state index contributed by atoms with van der Waals surface area (Å²) in [5.41, 5.74) is 1.70. The van der Waals surface area contributed by atoms with Crippen LogP contribution in [0.25, 0.3) is 11.1 Å². The van der Waals surface area contributed by atoms with E-state index in [1.807, 2.05) is 19.9 Å². The molecule has 0 fully saturated rings. The number of methoxy groups -OCH3 is 1. The van der Waals surface area contributed by atoms with Crippen LogP contribution in [0.15, 0.2) is 36.4 Å². The van der Waals surface area contributed by atoms with Crippen LogP contribution in [-0.4, -0.2) is 18.3 Å². The van der Waals surface area contributed by atoms with Crippen LogP contribution < -0.4 is 10.1 Å². The molecule has 0 saturated carbocycles. The molecular weight excluding hydrogens is 359 g/mol. The van der Waals surface area contributed by atoms with E-state index in [0.29, 0.717) is 17.5 Å². The van der Waals surface area contributed by atoms with Crippen LogP contribution in [0, 0.1) is 5.41 Å². The van der Waals surface area contributed by atoms with Crippen molar-refractivity contribution in [1.82, 2.24) is 5.32 Å². The number of benzene rings is 2. The predicted octanol–water partition coefficient (Wildman–Crippen LogP) is 5.27. The van der Waals surface area contributed by atoms with Gasteiger partial charge in [-0.05, 0) is 52.3 Å². The van der Waals surface area contributed by atoms with Crippen molar-refractivity contribution < 1.29 is 27.8 Å². The lowest BCUT2D eigenvalue weighted by Gasteiger charge is -2.27. The van der Waals surface area contributed by atoms with Crippen LogP contribution in [0.2, 0.25) is 0 Å². The fourth-order valence-electron chi connectivity index (χ4n) is 3.68. The van der Waals surface area contributed by atoms with E-state index in [4.69, 9.17) is 9.84 Å². The molecule has 4 nitrogen and oxygen atoms in total. The van der Waals surface area contributed by atoms with E-state index in [9.17, 15) is 18.0 Å². The fraction of sp³-hybridized carbons (Fsp3) is 0.350. The zero-order valence-corrected chi connectivity index (χ0v) is 15.1. The van der Waals surface area contributed by atoms with Crippen molar-refractivity contribution in [2.24, 2.45) is 5.41 Å². The highest BCUT2D eigenvalue weighted by molar-refractivity contribution is 5.70. The van der Waals surface area contributed by atoms with Gasteiger partial charge in [0.1, 0.15) is 5.75 Å². The number of carboxylic acid groups (broad SMARTS) is 1. The van der Waals surface area contributed by atoms with Crippen molar-refractivity contribution in [3.8, 4) is 16.9 Å². The van der Waals surface area contributed by atoms with Gasteiger partial charge in [-0.3, -0.25) is 0 Å². The van der Waals surface area contributed by atoms with Crippen molar-refractivity contribution >= 4 is 6.09 Å². The molecule has 1 atom stereocenters. The standard InChI is InChI=1S/C20H20F3NO3/c1-19(2)10-13-6-11(4-5-16(13)17(19)24-18(25)26)12-7-14(20(21,22)23)9-15(8-12)27-3/h4-9,17,24H,10H2,1-3H3,(H,25,26). The molecule has 3 rings (SSSR count). The molecule has 0 bridgehead atoms. The smallest absolute Gasteiger partial charge is 0.416 e. The lowest BCUT2D eigenvalue weighted by atomic mass is 9.85. The van der Waals surface area contributed by atoms with Gasteiger partial charge in [-0.1, -0.05) is 32.0 Å². The molecule has 0 spiro atoms. The average Bonchev–Trinajstić information content (AvgIpc) is 2.82. The van der Waals surface area contributed by atoms with Gasteiger partial charge in [0.25, 0.3) is 0 Å². The van der Waals surface area contributed by atoms with Gasteiger partial charge >= 0.3 is 12.3 Å². The summed E-state index contributed by atoms with van der Waals surface area (Å²) in [5, 5.41) is 11.6. The Labute approximate surface area is 155 Å². The van der Waals surface area contributed by atoms with Crippen LogP contribution in [-0.2, 0) is 12.6 Å². The fourth-order valence-corrected chi connectivity index (χ4v) is 3.68. The molecule has 2 N–H and O–H groups in total. The monoisotopic (exact) mass is 379 g/mol. The third kappa shape index (κ3) is 3.72. The number of nitrogens with one attached hydrogen (secondary N) is 1. The van der Waals surface area contributed by atoms with Gasteiger partial charge in [-0.25, -0.2) is 4.79 Å². The SMILES string of the molecule is COc1cc(-c2ccc3c(c2)CC(C)(C)C3NC(=O)O)cc(C(F)(F)F)c1. The molecule has 0 aliphatic heterocycles. The van der Waals surface area contributed by atoms with Crippen molar-refractivity contribution in [3.63, 3.8) is 0 Å². The average molecular weight is 379 g/mol. The summed E-state index contributed by atoms with van der Waals surface area (Å²) in [5.74, 6) is 0.131. The summed E-state index contributed by atoms with van der Waals surface area (Å²) < 4.78 is 44.5. The van der Waals surface area contributed by atoms with Crippen LogP contribution in [0.5, 0.6) is 5.75 Å². The van der Waals surface area contributed by atoms with Gasteiger partial charge in [0, 0.05) is 0 Å². The molecule has 7 heteroatoms. The van der Waals surface area contributed by atoms with E-state index in [1.54, 1.807) is 18.2 Å². The quantitative estimate of drug-likeness (QED) is 0.764. The third-order valence-corrected chi connectivity index (χ3v) is 4.95. The maximum absolute atomic E-state index is 13.2. The van der Waals surface area contributed by atoms with E-state index in [2.05, 4.69) is 5.32 Å². The van der Waals surface area contributed by atoms with Gasteiger partial charge < -0.3 is 15.2 Å². The number of hydrogen-bond donors (Lipinski definition) is 2. The Morgan fingerprint density at radius 3 is 2.48 bits per heavy atom. The minimum Gasteiger partial charge on any atom is -0.497 e. The van der Waals surface area contributed by atoms with Crippen LogP contribution >= 0.6 is 0 Å². The van der Waals surface area contributed by atoms with E-state index in [-0.39, 0.29) is 17.2 Å². The second-order valence-electron chi connectivity index (χ2n) is 7.41. The van der Waals surface area contributed by atoms with Crippen molar-refractivity contribution in [3.05, 3.63) is 53.1 Å². The predicted molar refractivity (Wildman–Crippen MR) is 94.8 cm³/mol. The highest BCUT2D eigenvalue weighted by atomic mass is 19.4. The molecule has 0 aromatic heterocycles. The first kappa shape index (κ1) is 19.1. The molecule has 0 heterocycles. The van der Waals surface area contributed by atoms with E-state index in [1.165, 1.54) is 7.11 Å². The Bertz CT molecular complexity index is 891. The number of hydrogen-bond acceptors (Lipinski definition) is 2. The molecular formula is C20H20F3NO3. The minimum atomic E-state index is -4.47. The minimum absolute atomic E-state index is 0.131. The Hall–Kier alpha value is -2.70. The Morgan fingerprint density at radius 1 is 1.19 bits per heavy atom. The van der Waals surface area contributed by atoms with Crippen LogP contribution in [0.1, 0.15) is 36.6 Å². The van der Waals surface area contributed by atoms with Gasteiger partial charge in [0.2, 0.25) is 0 Å². The summed E-state index contributed by atoms with van der Waals surface area (Å²) in [6.45, 7) is 3.92. The van der Waals surface area contributed by atoms with Gasteiger partial charge in [-0.15, -0.1) is 0 Å². The largest absolute Gasteiger partial charge is 0.497 e. The highest BCUT2D eigenvalue weighted by Crippen LogP contribution is 2.46. The maximum Gasteiger partial charge on any atom is 0.416 e. The molecule has 0 saturated heterocycles. The molecule has 1 amide bonds. The summed E-state index contributed by atoms with van der Waals surface area (Å²) in [7, 11) is 1.33. The van der Waals surface area contributed by atoms with E-state index >= 15 is 0 Å². The van der Waals surface area contributed by atoms with Crippen molar-refractivity contribution in [2.75, 3.05) is 7.11 Å². The molecule has 27 heavy (non-hydrogen) atoms. The second kappa shape index (κ2) is 6.48. The zero-order valence-electron chi connectivity index (χ0n) is 15.1. The summed E-state index contributed by atoms with van der Waals surface area (Å²) in [6.07, 6.45) is -4.96. The summed E-state index contributed by atoms with van der Waals surface area (Å²) in [6, 6.07) is 8.58. The lowest BCUT2D eigenvalue weighted by Crippen LogP contribution is -2.34. The molecule has 2 aromatic rings. The molecule has 0 radical (unpaired) electrons.